The Balaban J connectivity index is 1.98. The first-order valence-electron chi connectivity index (χ1n) is 8.12. The Morgan fingerprint density at radius 3 is 2.89 bits per heavy atom. The predicted molar refractivity (Wildman–Crippen MR) is 80.5 cm³/mol. The van der Waals surface area contributed by atoms with Crippen LogP contribution in [0.5, 0.6) is 0 Å². The van der Waals surface area contributed by atoms with Gasteiger partial charge < -0.3 is 15.0 Å². The molecule has 1 saturated carbocycles. The molecule has 0 aromatic heterocycles. The van der Waals surface area contributed by atoms with Crippen molar-refractivity contribution in [2.45, 2.75) is 52.1 Å². The van der Waals surface area contributed by atoms with Crippen molar-refractivity contribution in [2.75, 3.05) is 39.8 Å². The third kappa shape index (κ3) is 4.44. The minimum Gasteiger partial charge on any atom is -0.377 e. The molecule has 0 radical (unpaired) electrons. The van der Waals surface area contributed by atoms with Gasteiger partial charge in [0, 0.05) is 32.8 Å². The molecule has 3 unspecified atom stereocenters. The lowest BCUT2D eigenvalue weighted by Gasteiger charge is -2.43. The molecule has 0 amide bonds. The van der Waals surface area contributed by atoms with Crippen molar-refractivity contribution in [3.8, 4) is 0 Å². The fourth-order valence-electron chi connectivity index (χ4n) is 4.20. The first-order chi connectivity index (χ1) is 9.13. The van der Waals surface area contributed by atoms with Crippen molar-refractivity contribution in [3.05, 3.63) is 0 Å². The molecular weight excluding hydrogens is 236 g/mol. The summed E-state index contributed by atoms with van der Waals surface area (Å²) in [7, 11) is 2.11. The quantitative estimate of drug-likeness (QED) is 0.848. The lowest BCUT2D eigenvalue weighted by atomic mass is 9.69. The van der Waals surface area contributed by atoms with Crippen LogP contribution in [0.2, 0.25) is 0 Å². The fraction of sp³-hybridized carbons (Fsp3) is 1.00. The number of rotatable bonds is 4. The molecule has 3 atom stereocenters. The summed E-state index contributed by atoms with van der Waals surface area (Å²) in [6, 6.07) is 0. The first kappa shape index (κ1) is 15.3. The third-order valence-corrected chi connectivity index (χ3v) is 4.83. The first-order valence-corrected chi connectivity index (χ1v) is 8.12. The van der Waals surface area contributed by atoms with Crippen molar-refractivity contribution >= 4 is 0 Å². The maximum atomic E-state index is 5.78. The predicted octanol–water partition coefficient (Wildman–Crippen LogP) is 2.51. The third-order valence-electron chi connectivity index (χ3n) is 4.83. The molecule has 1 saturated heterocycles. The van der Waals surface area contributed by atoms with Gasteiger partial charge in [0.05, 0.1) is 6.10 Å². The van der Waals surface area contributed by atoms with E-state index in [1.165, 1.54) is 51.7 Å². The summed E-state index contributed by atoms with van der Waals surface area (Å²) < 4.78 is 5.78. The summed E-state index contributed by atoms with van der Waals surface area (Å²) in [5.41, 5.74) is 0.497. The van der Waals surface area contributed by atoms with Crippen LogP contribution < -0.4 is 5.32 Å². The van der Waals surface area contributed by atoms with Gasteiger partial charge >= 0.3 is 0 Å². The second-order valence-electron chi connectivity index (χ2n) is 7.00. The van der Waals surface area contributed by atoms with E-state index in [1.54, 1.807) is 0 Å². The zero-order chi connectivity index (χ0) is 13.7. The minimum atomic E-state index is 0.398. The lowest BCUT2D eigenvalue weighted by Crippen LogP contribution is -2.47. The maximum absolute atomic E-state index is 5.78. The standard InChI is InChI=1S/C16H32N2O/c1-14-6-4-7-16(10-14,12-17-3)13-18-8-5-9-19-15(2)11-18/h14-15,17H,4-13H2,1-3H3. The summed E-state index contributed by atoms with van der Waals surface area (Å²) in [4.78, 5) is 2.66. The van der Waals surface area contributed by atoms with Crippen LogP contribution in [-0.2, 0) is 4.74 Å². The van der Waals surface area contributed by atoms with Gasteiger partial charge in [-0.2, -0.15) is 0 Å². The number of ether oxygens (including phenoxy) is 1. The highest BCUT2D eigenvalue weighted by Gasteiger charge is 2.36. The van der Waals surface area contributed by atoms with Crippen LogP contribution in [-0.4, -0.2) is 50.8 Å². The second-order valence-corrected chi connectivity index (χ2v) is 7.00. The molecule has 1 aliphatic heterocycles. The number of nitrogens with one attached hydrogen (secondary N) is 1. The van der Waals surface area contributed by atoms with Gasteiger partial charge in [-0.25, -0.2) is 0 Å². The van der Waals surface area contributed by atoms with Crippen molar-refractivity contribution in [2.24, 2.45) is 11.3 Å². The number of nitrogens with zero attached hydrogens (tertiary/aromatic N) is 1. The van der Waals surface area contributed by atoms with Crippen molar-refractivity contribution in [1.29, 1.82) is 0 Å². The monoisotopic (exact) mass is 268 g/mol. The molecule has 1 heterocycles. The van der Waals surface area contributed by atoms with Gasteiger partial charge in [0.15, 0.2) is 0 Å². The maximum Gasteiger partial charge on any atom is 0.0673 e. The van der Waals surface area contributed by atoms with Crippen LogP contribution in [0.1, 0.15) is 46.0 Å². The van der Waals surface area contributed by atoms with E-state index in [0.717, 1.165) is 19.1 Å². The van der Waals surface area contributed by atoms with Crippen molar-refractivity contribution in [1.82, 2.24) is 10.2 Å². The van der Waals surface area contributed by atoms with E-state index in [-0.39, 0.29) is 0 Å². The average Bonchev–Trinajstić information content (AvgIpc) is 2.53. The summed E-state index contributed by atoms with van der Waals surface area (Å²) in [5.74, 6) is 0.891. The molecule has 0 bridgehead atoms. The Morgan fingerprint density at radius 2 is 2.16 bits per heavy atom. The van der Waals surface area contributed by atoms with Crippen LogP contribution in [0.3, 0.4) is 0 Å². The van der Waals surface area contributed by atoms with E-state index in [2.05, 4.69) is 31.1 Å². The number of hydrogen-bond acceptors (Lipinski definition) is 3. The van der Waals surface area contributed by atoms with Crippen LogP contribution in [0.15, 0.2) is 0 Å². The highest BCUT2D eigenvalue weighted by atomic mass is 16.5. The second kappa shape index (κ2) is 7.05. The van der Waals surface area contributed by atoms with Gasteiger partial charge in [-0.15, -0.1) is 0 Å². The van der Waals surface area contributed by atoms with Crippen molar-refractivity contribution < 1.29 is 4.74 Å². The molecule has 1 N–H and O–H groups in total. The van der Waals surface area contributed by atoms with Crippen molar-refractivity contribution in [3.63, 3.8) is 0 Å². The molecule has 3 nitrogen and oxygen atoms in total. The van der Waals surface area contributed by atoms with Gasteiger partial charge in [0.2, 0.25) is 0 Å². The molecule has 0 aromatic carbocycles. The van der Waals surface area contributed by atoms with Crippen LogP contribution in [0.25, 0.3) is 0 Å². The number of hydrogen-bond donors (Lipinski definition) is 1. The van der Waals surface area contributed by atoms with Gasteiger partial charge in [0.1, 0.15) is 0 Å². The molecule has 112 valence electrons. The molecular formula is C16H32N2O. The van der Waals surface area contributed by atoms with E-state index in [1.807, 2.05) is 0 Å². The molecule has 1 aliphatic carbocycles. The fourth-order valence-corrected chi connectivity index (χ4v) is 4.20. The van der Waals surface area contributed by atoms with Gasteiger partial charge in [-0.05, 0) is 44.6 Å². The highest BCUT2D eigenvalue weighted by Crippen LogP contribution is 2.39. The molecule has 2 aliphatic rings. The lowest BCUT2D eigenvalue weighted by molar-refractivity contribution is 0.0461. The summed E-state index contributed by atoms with van der Waals surface area (Å²) >= 11 is 0. The minimum absolute atomic E-state index is 0.398. The molecule has 2 fully saturated rings. The van der Waals surface area contributed by atoms with E-state index >= 15 is 0 Å². The van der Waals surface area contributed by atoms with Crippen LogP contribution >= 0.6 is 0 Å². The Hall–Kier alpha value is -0.120. The Labute approximate surface area is 119 Å². The molecule has 2 rings (SSSR count). The summed E-state index contributed by atoms with van der Waals surface area (Å²) in [5, 5.41) is 3.46. The van der Waals surface area contributed by atoms with Gasteiger partial charge in [-0.1, -0.05) is 19.8 Å². The largest absolute Gasteiger partial charge is 0.377 e. The SMILES string of the molecule is CNCC1(CN2CCCOC(C)C2)CCCC(C)C1. The Kier molecular flexibility index (Phi) is 5.67. The molecule has 3 heteroatoms. The molecule has 19 heavy (non-hydrogen) atoms. The zero-order valence-corrected chi connectivity index (χ0v) is 13.1. The summed E-state index contributed by atoms with van der Waals surface area (Å²) in [6.45, 7) is 10.3. The van der Waals surface area contributed by atoms with E-state index < -0.39 is 0 Å². The Morgan fingerprint density at radius 1 is 1.32 bits per heavy atom. The van der Waals surface area contributed by atoms with Crippen LogP contribution in [0, 0.1) is 11.3 Å². The van der Waals surface area contributed by atoms with E-state index in [9.17, 15) is 0 Å². The van der Waals surface area contributed by atoms with Gasteiger partial charge in [0.25, 0.3) is 0 Å². The molecule has 0 aromatic rings. The zero-order valence-electron chi connectivity index (χ0n) is 13.1. The van der Waals surface area contributed by atoms with E-state index in [4.69, 9.17) is 4.74 Å². The topological polar surface area (TPSA) is 24.5 Å². The molecule has 0 spiro atoms. The average molecular weight is 268 g/mol. The van der Waals surface area contributed by atoms with Gasteiger partial charge in [-0.3, -0.25) is 0 Å². The summed E-state index contributed by atoms with van der Waals surface area (Å²) in [6.07, 6.45) is 7.20. The normalized spacial score (nSPS) is 38.1. The Bertz CT molecular complexity index is 267. The highest BCUT2D eigenvalue weighted by molar-refractivity contribution is 4.90. The smallest absolute Gasteiger partial charge is 0.0673 e. The van der Waals surface area contributed by atoms with E-state index in [0.29, 0.717) is 11.5 Å². The van der Waals surface area contributed by atoms with Crippen LogP contribution in [0.4, 0.5) is 0 Å².